The second-order valence-electron chi connectivity index (χ2n) is 2.14. The molecule has 1 nitrogen and oxygen atoms in total. The van der Waals surface area contributed by atoms with Crippen LogP contribution in [0.15, 0.2) is 40.7 Å². The first-order chi connectivity index (χ1) is 8.82. The summed E-state index contributed by atoms with van der Waals surface area (Å²) in [5.74, 6) is -0.192. The summed E-state index contributed by atoms with van der Waals surface area (Å²) in [5.41, 5.74) is 0. The molecule has 0 heterocycles. The number of rotatable bonds is 1. The predicted molar refractivity (Wildman–Crippen MR) is 53.3 cm³/mol. The van der Waals surface area contributed by atoms with E-state index in [0.717, 1.165) is 0 Å². The Morgan fingerprint density at radius 3 is 2.92 bits per heavy atom. The van der Waals surface area contributed by atoms with Crippen LogP contribution in [0, 0.1) is 0 Å². The van der Waals surface area contributed by atoms with Crippen molar-refractivity contribution in [2.24, 2.45) is 0 Å². The number of phenols is 1. The van der Waals surface area contributed by atoms with Crippen molar-refractivity contribution in [3.05, 3.63) is 40.7 Å². The molecule has 2 rings (SSSR count). The van der Waals surface area contributed by atoms with Gasteiger partial charge in [-0.2, -0.15) is 0 Å². The molecular weight excluding hydrogens is 216 g/mol. The smallest absolute Gasteiger partial charge is 0.293 e. The van der Waals surface area contributed by atoms with Crippen molar-refractivity contribution in [3.8, 4) is 5.75 Å². The number of hydrogen-bond donors (Lipinski definition) is 1. The highest BCUT2D eigenvalue weighted by Gasteiger charge is 2.01. The summed E-state index contributed by atoms with van der Waals surface area (Å²) in [5, 5.41) is 4.18. The third kappa shape index (κ3) is 1.08. The zero-order chi connectivity index (χ0) is 14.5. The Bertz CT molecular complexity index is 693. The first kappa shape index (κ1) is 3.04. The molecule has 0 aliphatic heterocycles. The van der Waals surface area contributed by atoms with Gasteiger partial charge in [-0.3, -0.25) is 0 Å². The van der Waals surface area contributed by atoms with Crippen LogP contribution in [-0.4, -0.2) is 6.54 Å². The average Bonchev–Trinajstić information content (AvgIpc) is 2.40. The van der Waals surface area contributed by atoms with Gasteiger partial charge in [0.05, 0.1) is 12.7 Å². The van der Waals surface area contributed by atoms with Gasteiger partial charge in [-0.15, -0.1) is 0 Å². The van der Waals surface area contributed by atoms with Crippen LogP contribution in [0.3, 0.4) is 0 Å². The molecule has 0 aliphatic carbocycles. The van der Waals surface area contributed by atoms with E-state index in [0.29, 0.717) is 0 Å². The maximum atomic E-state index is 7.82. The van der Waals surface area contributed by atoms with Gasteiger partial charge < -0.3 is 5.11 Å². The van der Waals surface area contributed by atoms with Crippen LogP contribution >= 0.6 is 15.9 Å². The Kier molecular flexibility index (Phi) is 0.706. The van der Waals surface area contributed by atoms with Crippen LogP contribution in [0.2, 0.25) is 0 Å². The SMILES string of the molecule is [2H]Oc1c(Br)c([2H])c([2H])c2c([2H])c([2H])c([2H])c([2H])c12. The van der Waals surface area contributed by atoms with Gasteiger partial charge in [0.2, 0.25) is 0 Å². The van der Waals surface area contributed by atoms with E-state index in [-0.39, 0.29) is 33.1 Å². The van der Waals surface area contributed by atoms with E-state index in [2.05, 4.69) is 21.0 Å². The van der Waals surface area contributed by atoms with E-state index >= 15 is 0 Å². The van der Waals surface area contributed by atoms with Crippen LogP contribution in [-0.2, 0) is 0 Å². The van der Waals surface area contributed by atoms with Gasteiger partial charge in [0, 0.05) is 5.39 Å². The molecule has 12 heavy (non-hydrogen) atoms. The molecular formula is C10H7BrO. The van der Waals surface area contributed by atoms with Gasteiger partial charge in [-0.05, 0) is 27.4 Å². The van der Waals surface area contributed by atoms with Crippen LogP contribution < -0.4 is 0 Å². The van der Waals surface area contributed by atoms with Gasteiger partial charge in [-0.1, -0.05) is 30.2 Å². The Balaban J connectivity index is 3.21. The summed E-state index contributed by atoms with van der Waals surface area (Å²) in [6, 6.07) is -2.40. The summed E-state index contributed by atoms with van der Waals surface area (Å²) in [7, 11) is 0. The molecule has 0 unspecified atom stereocenters. The summed E-state index contributed by atoms with van der Waals surface area (Å²) in [6.45, 7) is 0. The van der Waals surface area contributed by atoms with Crippen LogP contribution in [0.1, 0.15) is 8.22 Å². The second kappa shape index (κ2) is 2.79. The maximum Gasteiger partial charge on any atom is 0.293 e. The van der Waals surface area contributed by atoms with Crippen molar-refractivity contribution in [1.29, 1.82) is 1.43 Å². The second-order valence-corrected chi connectivity index (χ2v) is 2.94. The standard InChI is InChI=1S/C10H7BrO/c11-9-6-5-7-3-1-2-4-8(7)10(9)12/h1-6,12H/i1D,2D,3D,4D,5D,6D/hD. The summed E-state index contributed by atoms with van der Waals surface area (Å²) in [6.07, 6.45) is 0. The fourth-order valence-corrected chi connectivity index (χ4v) is 1.16. The predicted octanol–water partition coefficient (Wildman–Crippen LogP) is 3.31. The monoisotopic (exact) mass is 229 g/mol. The van der Waals surface area contributed by atoms with E-state index in [1.807, 2.05) is 0 Å². The highest BCUT2D eigenvalue weighted by atomic mass is 79.9. The molecule has 0 amide bonds. The minimum Gasteiger partial charge on any atom is -0.506 e. The molecule has 0 bridgehead atoms. The third-order valence-electron chi connectivity index (χ3n) is 1.41. The lowest BCUT2D eigenvalue weighted by molar-refractivity contribution is 0.478. The van der Waals surface area contributed by atoms with Crippen molar-refractivity contribution in [2.75, 3.05) is 0 Å². The van der Waals surface area contributed by atoms with E-state index in [1.54, 1.807) is 0 Å². The molecule has 0 aliphatic rings. The molecule has 0 fully saturated rings. The Morgan fingerprint density at radius 2 is 2.08 bits per heavy atom. The molecule has 2 heteroatoms. The van der Waals surface area contributed by atoms with E-state index in [1.165, 1.54) is 0 Å². The zero-order valence-electron chi connectivity index (χ0n) is 12.8. The molecule has 2 aromatic carbocycles. The first-order valence-corrected chi connectivity index (χ1v) is 3.94. The van der Waals surface area contributed by atoms with Crippen molar-refractivity contribution < 1.29 is 13.3 Å². The Morgan fingerprint density at radius 1 is 1.25 bits per heavy atom. The van der Waals surface area contributed by atoms with E-state index < -0.39 is 24.2 Å². The largest absolute Gasteiger partial charge is 0.506 e. The topological polar surface area (TPSA) is 20.2 Å². The lowest BCUT2D eigenvalue weighted by Gasteiger charge is -2.01. The fourth-order valence-electron chi connectivity index (χ4n) is 0.860. The molecule has 0 aromatic heterocycles. The van der Waals surface area contributed by atoms with Gasteiger partial charge in [0.1, 0.15) is 5.75 Å². The third-order valence-corrected chi connectivity index (χ3v) is 1.97. The van der Waals surface area contributed by atoms with Crippen molar-refractivity contribution >= 4 is 26.7 Å². The number of hydrogen-bond acceptors (Lipinski definition) is 1. The molecule has 2 aromatic rings. The molecule has 0 saturated heterocycles. The number of halogens is 1. The summed E-state index contributed by atoms with van der Waals surface area (Å²) >= 11 is 3.01. The number of phenolic OH excluding ortho intramolecular Hbond substituents is 1. The number of benzene rings is 2. The maximum absolute atomic E-state index is 7.82. The van der Waals surface area contributed by atoms with Gasteiger partial charge in [0.15, 0.2) is 0 Å². The van der Waals surface area contributed by atoms with Crippen LogP contribution in [0.5, 0.6) is 5.75 Å². The first-order valence-electron chi connectivity index (χ1n) is 6.55. The molecule has 1 N–H and O–H groups in total. The quantitative estimate of drug-likeness (QED) is 0.796. The van der Waals surface area contributed by atoms with E-state index in [9.17, 15) is 0 Å². The van der Waals surface area contributed by atoms with Crippen molar-refractivity contribution in [1.82, 2.24) is 0 Å². The van der Waals surface area contributed by atoms with Gasteiger partial charge >= 0.3 is 0 Å². The molecule has 0 radical (unpaired) electrons. The lowest BCUT2D eigenvalue weighted by atomic mass is 10.1. The molecule has 0 atom stereocenters. The normalized spacial score (nSPS) is 18.2. The zero-order valence-corrected chi connectivity index (χ0v) is 7.37. The highest BCUT2D eigenvalue weighted by molar-refractivity contribution is 9.10. The summed E-state index contributed by atoms with van der Waals surface area (Å²) < 4.78 is 53.3. The van der Waals surface area contributed by atoms with E-state index in [4.69, 9.17) is 9.66 Å². The Labute approximate surface area is 88.7 Å². The van der Waals surface area contributed by atoms with Gasteiger partial charge in [0.25, 0.3) is 1.43 Å². The fraction of sp³-hybridized carbons (Fsp3) is 0. The summed E-state index contributed by atoms with van der Waals surface area (Å²) in [4.78, 5) is 0. The molecule has 0 spiro atoms. The van der Waals surface area contributed by atoms with Crippen LogP contribution in [0.4, 0.5) is 0 Å². The number of aromatic hydroxyl groups is 1. The highest BCUT2D eigenvalue weighted by Crippen LogP contribution is 2.31. The Hall–Kier alpha value is -1.02. The average molecular weight is 230 g/mol. The van der Waals surface area contributed by atoms with Gasteiger partial charge in [-0.25, -0.2) is 0 Å². The minimum absolute atomic E-state index is 0.0185. The van der Waals surface area contributed by atoms with Crippen molar-refractivity contribution in [2.45, 2.75) is 0 Å². The number of fused-ring (bicyclic) bond motifs is 1. The molecule has 60 valence electrons. The lowest BCUT2D eigenvalue weighted by Crippen LogP contribution is -1.74. The van der Waals surface area contributed by atoms with Crippen molar-refractivity contribution in [3.63, 3.8) is 0 Å². The minimum atomic E-state index is -0.483. The molecule has 0 saturated carbocycles. The van der Waals surface area contributed by atoms with Crippen LogP contribution in [0.25, 0.3) is 10.8 Å².